The summed E-state index contributed by atoms with van der Waals surface area (Å²) in [5.74, 6) is 0.391. The highest BCUT2D eigenvalue weighted by atomic mass is 16.6. The molecule has 1 fully saturated rings. The maximum atomic E-state index is 12.4. The van der Waals surface area contributed by atoms with Crippen LogP contribution in [0.2, 0.25) is 0 Å². The van der Waals surface area contributed by atoms with E-state index < -0.39 is 17.8 Å². The van der Waals surface area contributed by atoms with E-state index in [2.05, 4.69) is 5.32 Å². The van der Waals surface area contributed by atoms with Gasteiger partial charge in [-0.15, -0.1) is 0 Å². The van der Waals surface area contributed by atoms with Crippen LogP contribution in [0.15, 0.2) is 30.3 Å². The molecule has 2 rings (SSSR count). The van der Waals surface area contributed by atoms with Crippen LogP contribution >= 0.6 is 0 Å². The number of carbonyl (C=O) groups is 2. The Kier molecular flexibility index (Phi) is 8.96. The van der Waals surface area contributed by atoms with E-state index >= 15 is 0 Å². The Hall–Kier alpha value is -2.28. The molecule has 1 aliphatic carbocycles. The molecule has 2 N–H and O–H groups in total. The Morgan fingerprint density at radius 3 is 2.40 bits per heavy atom. The first-order valence-corrected chi connectivity index (χ1v) is 10.7. The van der Waals surface area contributed by atoms with E-state index in [1.807, 2.05) is 51.1 Å². The van der Waals surface area contributed by atoms with Gasteiger partial charge in [0.05, 0.1) is 12.1 Å². The normalized spacial score (nSPS) is 20.2. The van der Waals surface area contributed by atoms with Crippen LogP contribution in [-0.4, -0.2) is 53.5 Å². The van der Waals surface area contributed by atoms with Crippen molar-refractivity contribution >= 4 is 12.2 Å². The zero-order chi connectivity index (χ0) is 22.1. The van der Waals surface area contributed by atoms with Crippen molar-refractivity contribution in [2.24, 2.45) is 5.92 Å². The van der Waals surface area contributed by atoms with Crippen LogP contribution < -0.4 is 5.32 Å². The molecule has 168 valence electrons. The van der Waals surface area contributed by atoms with Crippen molar-refractivity contribution in [3.05, 3.63) is 35.9 Å². The van der Waals surface area contributed by atoms with Crippen molar-refractivity contribution in [1.29, 1.82) is 0 Å². The summed E-state index contributed by atoms with van der Waals surface area (Å²) in [4.78, 5) is 26.2. The number of nitrogens with one attached hydrogen (secondary N) is 1. The molecule has 0 spiro atoms. The lowest BCUT2D eigenvalue weighted by atomic mass is 9.83. The average molecular weight is 421 g/mol. The van der Waals surface area contributed by atoms with Gasteiger partial charge in [-0.25, -0.2) is 9.59 Å². The summed E-state index contributed by atoms with van der Waals surface area (Å²) in [5, 5.41) is 12.7. The molecule has 0 radical (unpaired) electrons. The van der Waals surface area contributed by atoms with E-state index in [1.165, 1.54) is 4.90 Å². The SMILES string of the molecule is CN(C[C@H](CC1CCC(O)CC1)NC(=O)OC(C)(C)C)C(=O)OCc1ccccc1. The predicted molar refractivity (Wildman–Crippen MR) is 115 cm³/mol. The Morgan fingerprint density at radius 1 is 1.17 bits per heavy atom. The number of ether oxygens (including phenoxy) is 2. The van der Waals surface area contributed by atoms with Gasteiger partial charge in [0.15, 0.2) is 0 Å². The van der Waals surface area contributed by atoms with Gasteiger partial charge in [0.2, 0.25) is 0 Å². The summed E-state index contributed by atoms with van der Waals surface area (Å²) in [6.45, 7) is 5.98. The van der Waals surface area contributed by atoms with Gasteiger partial charge >= 0.3 is 12.2 Å². The Labute approximate surface area is 179 Å². The highest BCUT2D eigenvalue weighted by Gasteiger charge is 2.27. The highest BCUT2D eigenvalue weighted by Crippen LogP contribution is 2.28. The lowest BCUT2D eigenvalue weighted by Crippen LogP contribution is -2.47. The maximum absolute atomic E-state index is 12.4. The molecule has 1 aromatic carbocycles. The summed E-state index contributed by atoms with van der Waals surface area (Å²) in [6.07, 6.45) is 2.95. The molecule has 30 heavy (non-hydrogen) atoms. The van der Waals surface area contributed by atoms with E-state index in [0.717, 1.165) is 37.7 Å². The monoisotopic (exact) mass is 420 g/mol. The number of alkyl carbamates (subject to hydrolysis) is 1. The molecule has 0 aromatic heterocycles. The van der Waals surface area contributed by atoms with Gasteiger partial charge in [-0.3, -0.25) is 0 Å². The fourth-order valence-corrected chi connectivity index (χ4v) is 3.67. The van der Waals surface area contributed by atoms with Gasteiger partial charge in [0.25, 0.3) is 0 Å². The van der Waals surface area contributed by atoms with Crippen LogP contribution in [0.3, 0.4) is 0 Å². The van der Waals surface area contributed by atoms with Crippen molar-refractivity contribution in [3.63, 3.8) is 0 Å². The van der Waals surface area contributed by atoms with E-state index in [4.69, 9.17) is 9.47 Å². The molecule has 0 heterocycles. The second kappa shape index (κ2) is 11.2. The van der Waals surface area contributed by atoms with E-state index in [-0.39, 0.29) is 18.8 Å². The largest absolute Gasteiger partial charge is 0.445 e. The highest BCUT2D eigenvalue weighted by molar-refractivity contribution is 5.69. The number of aliphatic hydroxyl groups is 1. The fraction of sp³-hybridized carbons (Fsp3) is 0.652. The molecule has 7 nitrogen and oxygen atoms in total. The van der Waals surface area contributed by atoms with Crippen LogP contribution in [0, 0.1) is 5.92 Å². The van der Waals surface area contributed by atoms with Gasteiger partial charge in [-0.1, -0.05) is 30.3 Å². The number of carbonyl (C=O) groups excluding carboxylic acids is 2. The topological polar surface area (TPSA) is 88.1 Å². The number of benzene rings is 1. The van der Waals surface area contributed by atoms with Gasteiger partial charge in [-0.2, -0.15) is 0 Å². The first-order valence-electron chi connectivity index (χ1n) is 10.7. The average Bonchev–Trinajstić information content (AvgIpc) is 2.67. The standard InChI is InChI=1S/C23H36N2O5/c1-23(2,3)30-21(27)24-19(14-17-10-12-20(26)13-11-17)15-25(4)22(28)29-16-18-8-6-5-7-9-18/h5-9,17,19-20,26H,10-16H2,1-4H3,(H,24,27)/t17?,19-,20?/m0/s1. The maximum Gasteiger partial charge on any atom is 0.409 e. The molecular formula is C23H36N2O5. The zero-order valence-corrected chi connectivity index (χ0v) is 18.6. The quantitative estimate of drug-likeness (QED) is 0.694. The minimum atomic E-state index is -0.593. The number of nitrogens with zero attached hydrogens (tertiary/aromatic N) is 1. The van der Waals surface area contributed by atoms with Crippen LogP contribution in [0.4, 0.5) is 9.59 Å². The zero-order valence-electron chi connectivity index (χ0n) is 18.6. The first-order chi connectivity index (χ1) is 14.1. The second-order valence-corrected chi connectivity index (χ2v) is 9.17. The van der Waals surface area contributed by atoms with Crippen LogP contribution in [0.25, 0.3) is 0 Å². The number of likely N-dealkylation sites (N-methyl/N-ethyl adjacent to an activating group) is 1. The summed E-state index contributed by atoms with van der Waals surface area (Å²) >= 11 is 0. The number of amides is 2. The molecule has 1 saturated carbocycles. The number of aliphatic hydroxyl groups excluding tert-OH is 1. The third-order valence-electron chi connectivity index (χ3n) is 5.17. The minimum absolute atomic E-state index is 0.203. The molecule has 0 saturated heterocycles. The molecule has 0 aliphatic heterocycles. The summed E-state index contributed by atoms with van der Waals surface area (Å²) in [6, 6.07) is 9.25. The van der Waals surface area contributed by atoms with Crippen molar-refractivity contribution in [1.82, 2.24) is 10.2 Å². The molecule has 2 amide bonds. The fourth-order valence-electron chi connectivity index (χ4n) is 3.67. The van der Waals surface area contributed by atoms with Crippen LogP contribution in [0.5, 0.6) is 0 Å². The predicted octanol–water partition coefficient (Wildman–Crippen LogP) is 4.09. The first kappa shape index (κ1) is 24.0. The van der Waals surface area contributed by atoms with E-state index in [0.29, 0.717) is 12.5 Å². The molecular weight excluding hydrogens is 384 g/mol. The van der Waals surface area contributed by atoms with Crippen molar-refractivity contribution in [2.45, 2.75) is 77.2 Å². The van der Waals surface area contributed by atoms with Crippen LogP contribution in [-0.2, 0) is 16.1 Å². The second-order valence-electron chi connectivity index (χ2n) is 9.17. The molecule has 7 heteroatoms. The molecule has 1 aromatic rings. The summed E-state index contributed by atoms with van der Waals surface area (Å²) in [5.41, 5.74) is 0.327. The molecule has 0 bridgehead atoms. The van der Waals surface area contributed by atoms with Crippen molar-refractivity contribution in [2.75, 3.05) is 13.6 Å². The minimum Gasteiger partial charge on any atom is -0.445 e. The van der Waals surface area contributed by atoms with Gasteiger partial charge < -0.3 is 24.8 Å². The van der Waals surface area contributed by atoms with Crippen molar-refractivity contribution < 1.29 is 24.2 Å². The van der Waals surface area contributed by atoms with E-state index in [9.17, 15) is 14.7 Å². The summed E-state index contributed by atoms with van der Waals surface area (Å²) < 4.78 is 10.8. The Bertz CT molecular complexity index is 666. The third kappa shape index (κ3) is 9.03. The Morgan fingerprint density at radius 2 is 1.80 bits per heavy atom. The molecule has 1 atom stereocenters. The van der Waals surface area contributed by atoms with Gasteiger partial charge in [0.1, 0.15) is 12.2 Å². The smallest absolute Gasteiger partial charge is 0.409 e. The van der Waals surface area contributed by atoms with Crippen LogP contribution in [0.1, 0.15) is 58.4 Å². The van der Waals surface area contributed by atoms with Gasteiger partial charge in [0, 0.05) is 13.6 Å². The lowest BCUT2D eigenvalue weighted by Gasteiger charge is -2.31. The molecule has 0 unspecified atom stereocenters. The number of hydrogen-bond acceptors (Lipinski definition) is 5. The van der Waals surface area contributed by atoms with E-state index in [1.54, 1.807) is 7.05 Å². The van der Waals surface area contributed by atoms with Gasteiger partial charge in [-0.05, 0) is 64.4 Å². The Balaban J connectivity index is 1.92. The number of hydrogen-bond donors (Lipinski definition) is 2. The van der Waals surface area contributed by atoms with Crippen molar-refractivity contribution in [3.8, 4) is 0 Å². The molecule has 1 aliphatic rings. The number of rotatable bonds is 7. The summed E-state index contributed by atoms with van der Waals surface area (Å²) in [7, 11) is 1.67. The lowest BCUT2D eigenvalue weighted by molar-refractivity contribution is 0.0462. The third-order valence-corrected chi connectivity index (χ3v) is 5.17.